The molecular weight excluding hydrogens is 222 g/mol. The lowest BCUT2D eigenvalue weighted by Gasteiger charge is -2.42. The SMILES string of the molecule is CC1CCC(N)C(OC2CC(C)CC(C)(C)C2)C1. The van der Waals surface area contributed by atoms with Crippen molar-refractivity contribution in [1.29, 1.82) is 0 Å². The number of ether oxygens (including phenoxy) is 1. The Morgan fingerprint density at radius 2 is 1.72 bits per heavy atom. The number of nitrogens with two attached hydrogens (primary N) is 1. The monoisotopic (exact) mass is 253 g/mol. The molecule has 2 saturated carbocycles. The Morgan fingerprint density at radius 3 is 2.39 bits per heavy atom. The highest BCUT2D eigenvalue weighted by Crippen LogP contribution is 2.41. The Balaban J connectivity index is 1.91. The molecule has 0 heterocycles. The van der Waals surface area contributed by atoms with Gasteiger partial charge in [-0.15, -0.1) is 0 Å². The molecule has 2 aliphatic rings. The molecule has 2 rings (SSSR count). The van der Waals surface area contributed by atoms with Crippen LogP contribution in [0.4, 0.5) is 0 Å². The Labute approximate surface area is 113 Å². The first-order valence-corrected chi connectivity index (χ1v) is 7.77. The van der Waals surface area contributed by atoms with Crippen LogP contribution in [0.1, 0.15) is 66.2 Å². The van der Waals surface area contributed by atoms with Gasteiger partial charge in [0.15, 0.2) is 0 Å². The van der Waals surface area contributed by atoms with Crippen molar-refractivity contribution in [1.82, 2.24) is 0 Å². The highest BCUT2D eigenvalue weighted by Gasteiger charge is 2.36. The van der Waals surface area contributed by atoms with E-state index in [1.54, 1.807) is 0 Å². The van der Waals surface area contributed by atoms with E-state index in [2.05, 4.69) is 27.7 Å². The van der Waals surface area contributed by atoms with E-state index in [0.717, 1.165) is 24.7 Å². The van der Waals surface area contributed by atoms with E-state index in [4.69, 9.17) is 10.5 Å². The summed E-state index contributed by atoms with van der Waals surface area (Å²) in [6.07, 6.45) is 8.07. The number of hydrogen-bond acceptors (Lipinski definition) is 2. The molecule has 0 bridgehead atoms. The van der Waals surface area contributed by atoms with Crippen molar-refractivity contribution >= 4 is 0 Å². The normalized spacial score (nSPS) is 44.8. The van der Waals surface area contributed by atoms with E-state index in [1.165, 1.54) is 25.7 Å². The first kappa shape index (κ1) is 14.3. The molecule has 2 aliphatic carbocycles. The standard InChI is InChI=1S/C16H31NO/c1-11-5-6-14(17)15(8-11)18-13-7-12(2)9-16(3,4)10-13/h11-15H,5-10,17H2,1-4H3. The maximum atomic E-state index is 6.40. The largest absolute Gasteiger partial charge is 0.373 e. The highest BCUT2D eigenvalue weighted by atomic mass is 16.5. The van der Waals surface area contributed by atoms with Crippen molar-refractivity contribution in [2.75, 3.05) is 0 Å². The first-order valence-electron chi connectivity index (χ1n) is 7.77. The molecule has 106 valence electrons. The third kappa shape index (κ3) is 3.71. The van der Waals surface area contributed by atoms with Crippen molar-refractivity contribution in [3.05, 3.63) is 0 Å². The summed E-state index contributed by atoms with van der Waals surface area (Å²) in [5.74, 6) is 1.57. The summed E-state index contributed by atoms with van der Waals surface area (Å²) in [6, 6.07) is 0.265. The molecule has 5 unspecified atom stereocenters. The minimum atomic E-state index is 0.265. The van der Waals surface area contributed by atoms with Gasteiger partial charge in [0.25, 0.3) is 0 Å². The average molecular weight is 253 g/mol. The molecule has 2 fully saturated rings. The van der Waals surface area contributed by atoms with E-state index < -0.39 is 0 Å². The van der Waals surface area contributed by atoms with Gasteiger partial charge < -0.3 is 10.5 Å². The number of rotatable bonds is 2. The van der Waals surface area contributed by atoms with Gasteiger partial charge >= 0.3 is 0 Å². The quantitative estimate of drug-likeness (QED) is 0.814. The van der Waals surface area contributed by atoms with Crippen LogP contribution in [0.15, 0.2) is 0 Å². The summed E-state index contributed by atoms with van der Waals surface area (Å²) in [4.78, 5) is 0. The van der Waals surface area contributed by atoms with Gasteiger partial charge in [0.2, 0.25) is 0 Å². The van der Waals surface area contributed by atoms with E-state index >= 15 is 0 Å². The molecule has 0 radical (unpaired) electrons. The molecule has 0 saturated heterocycles. The van der Waals surface area contributed by atoms with Crippen LogP contribution < -0.4 is 5.73 Å². The molecule has 2 N–H and O–H groups in total. The van der Waals surface area contributed by atoms with Crippen LogP contribution in [-0.4, -0.2) is 18.2 Å². The Kier molecular flexibility index (Phi) is 4.38. The molecule has 0 spiro atoms. The summed E-state index contributed by atoms with van der Waals surface area (Å²) < 4.78 is 6.40. The Bertz CT molecular complexity index is 276. The van der Waals surface area contributed by atoms with Gasteiger partial charge in [-0.1, -0.05) is 27.7 Å². The molecule has 0 amide bonds. The third-order valence-electron chi connectivity index (χ3n) is 4.82. The topological polar surface area (TPSA) is 35.2 Å². The second kappa shape index (κ2) is 5.50. The maximum absolute atomic E-state index is 6.40. The lowest BCUT2D eigenvalue weighted by molar-refractivity contribution is -0.0889. The first-order chi connectivity index (χ1) is 8.35. The third-order valence-corrected chi connectivity index (χ3v) is 4.82. The van der Waals surface area contributed by atoms with Crippen molar-refractivity contribution < 1.29 is 4.74 Å². The second-order valence-electron chi connectivity index (χ2n) is 7.79. The fraction of sp³-hybridized carbons (Fsp3) is 1.00. The predicted molar refractivity (Wildman–Crippen MR) is 76.4 cm³/mol. The van der Waals surface area contributed by atoms with Gasteiger partial charge in [0.1, 0.15) is 0 Å². The van der Waals surface area contributed by atoms with Crippen molar-refractivity contribution in [3.63, 3.8) is 0 Å². The zero-order valence-electron chi connectivity index (χ0n) is 12.6. The van der Waals surface area contributed by atoms with Crippen LogP contribution in [0.5, 0.6) is 0 Å². The molecule has 2 heteroatoms. The average Bonchev–Trinajstić information content (AvgIpc) is 2.20. The maximum Gasteiger partial charge on any atom is 0.0732 e. The fourth-order valence-corrected chi connectivity index (χ4v) is 4.12. The second-order valence-corrected chi connectivity index (χ2v) is 7.79. The molecule has 18 heavy (non-hydrogen) atoms. The van der Waals surface area contributed by atoms with Crippen LogP contribution in [-0.2, 0) is 4.74 Å². The summed E-state index contributed by atoms with van der Waals surface area (Å²) in [5, 5.41) is 0. The molecule has 0 aliphatic heterocycles. The zero-order valence-corrected chi connectivity index (χ0v) is 12.6. The highest BCUT2D eigenvalue weighted by molar-refractivity contribution is 4.87. The fourth-order valence-electron chi connectivity index (χ4n) is 4.12. The van der Waals surface area contributed by atoms with Crippen molar-refractivity contribution in [2.24, 2.45) is 23.0 Å². The Hall–Kier alpha value is -0.0800. The molecule has 0 aromatic heterocycles. The Morgan fingerprint density at radius 1 is 1.00 bits per heavy atom. The lowest BCUT2D eigenvalue weighted by Crippen LogP contribution is -2.45. The van der Waals surface area contributed by atoms with E-state index in [9.17, 15) is 0 Å². The molecule has 5 atom stereocenters. The molecule has 0 aromatic carbocycles. The van der Waals surface area contributed by atoms with Gasteiger partial charge in [-0.2, -0.15) is 0 Å². The van der Waals surface area contributed by atoms with Gasteiger partial charge in [0.05, 0.1) is 12.2 Å². The van der Waals surface area contributed by atoms with Crippen LogP contribution in [0, 0.1) is 17.3 Å². The van der Waals surface area contributed by atoms with Gasteiger partial charge in [-0.3, -0.25) is 0 Å². The minimum absolute atomic E-state index is 0.265. The summed E-state index contributed by atoms with van der Waals surface area (Å²) in [5.41, 5.74) is 6.67. The van der Waals surface area contributed by atoms with E-state index in [0.29, 0.717) is 17.6 Å². The van der Waals surface area contributed by atoms with Gasteiger partial charge in [0, 0.05) is 6.04 Å². The van der Waals surface area contributed by atoms with Crippen molar-refractivity contribution in [2.45, 2.75) is 84.5 Å². The number of hydrogen-bond donors (Lipinski definition) is 1. The lowest BCUT2D eigenvalue weighted by atomic mass is 9.71. The summed E-state index contributed by atoms with van der Waals surface area (Å²) in [7, 11) is 0. The predicted octanol–water partition coefficient (Wildman–Crippen LogP) is 3.73. The molecule has 0 aromatic rings. The smallest absolute Gasteiger partial charge is 0.0732 e. The molecular formula is C16H31NO. The van der Waals surface area contributed by atoms with Crippen LogP contribution in [0.3, 0.4) is 0 Å². The molecule has 2 nitrogen and oxygen atoms in total. The minimum Gasteiger partial charge on any atom is -0.373 e. The van der Waals surface area contributed by atoms with Gasteiger partial charge in [-0.05, 0) is 55.8 Å². The van der Waals surface area contributed by atoms with E-state index in [-0.39, 0.29) is 6.04 Å². The zero-order chi connectivity index (χ0) is 13.3. The van der Waals surface area contributed by atoms with Crippen LogP contribution >= 0.6 is 0 Å². The van der Waals surface area contributed by atoms with Crippen LogP contribution in [0.25, 0.3) is 0 Å². The van der Waals surface area contributed by atoms with E-state index in [1.807, 2.05) is 0 Å². The summed E-state index contributed by atoms with van der Waals surface area (Å²) in [6.45, 7) is 9.45. The summed E-state index contributed by atoms with van der Waals surface area (Å²) >= 11 is 0. The van der Waals surface area contributed by atoms with Crippen LogP contribution in [0.2, 0.25) is 0 Å². The van der Waals surface area contributed by atoms with Gasteiger partial charge in [-0.25, -0.2) is 0 Å². The van der Waals surface area contributed by atoms with Crippen molar-refractivity contribution in [3.8, 4) is 0 Å².